The van der Waals surface area contributed by atoms with Crippen molar-refractivity contribution >= 4 is 33.3 Å². The molecule has 0 bridgehead atoms. The lowest BCUT2D eigenvalue weighted by Crippen LogP contribution is -2.38. The smallest absolute Gasteiger partial charge is 0.202 e. The molecule has 1 unspecified atom stereocenters. The number of aromatic nitrogens is 2. The van der Waals surface area contributed by atoms with Crippen LogP contribution in [0.4, 0.5) is 15.9 Å². The van der Waals surface area contributed by atoms with Gasteiger partial charge < -0.3 is 10.2 Å². The summed E-state index contributed by atoms with van der Waals surface area (Å²) in [5, 5.41) is 20.4. The van der Waals surface area contributed by atoms with Crippen LogP contribution in [0.3, 0.4) is 0 Å². The largest absolute Gasteiger partial charge is 0.365 e. The first-order valence-electron chi connectivity index (χ1n) is 8.83. The highest BCUT2D eigenvalue weighted by Crippen LogP contribution is 2.23. The summed E-state index contributed by atoms with van der Waals surface area (Å²) in [7, 11) is 0. The zero-order chi connectivity index (χ0) is 19.2. The SMILES string of the molecule is CCN1CCCC(CNc2nonc2C(=Nc2ccc(F)c(Br)c2)NO)C1. The first-order chi connectivity index (χ1) is 13.1. The first-order valence-corrected chi connectivity index (χ1v) is 9.63. The number of nitrogens with zero attached hydrogens (tertiary/aromatic N) is 4. The van der Waals surface area contributed by atoms with Crippen LogP contribution in [0.5, 0.6) is 0 Å². The average molecular weight is 441 g/mol. The van der Waals surface area contributed by atoms with Crippen LogP contribution in [0, 0.1) is 11.7 Å². The number of anilines is 1. The molecule has 8 nitrogen and oxygen atoms in total. The van der Waals surface area contributed by atoms with E-state index in [1.807, 2.05) is 5.48 Å². The van der Waals surface area contributed by atoms with Gasteiger partial charge >= 0.3 is 0 Å². The van der Waals surface area contributed by atoms with Gasteiger partial charge in [-0.3, -0.25) is 10.7 Å². The summed E-state index contributed by atoms with van der Waals surface area (Å²) < 4.78 is 18.5. The molecule has 1 aromatic heterocycles. The number of benzene rings is 1. The molecular weight excluding hydrogens is 419 g/mol. The van der Waals surface area contributed by atoms with Gasteiger partial charge in [0.25, 0.3) is 0 Å². The summed E-state index contributed by atoms with van der Waals surface area (Å²) in [5.74, 6) is 0.548. The summed E-state index contributed by atoms with van der Waals surface area (Å²) >= 11 is 3.11. The first kappa shape index (κ1) is 19.7. The Kier molecular flexibility index (Phi) is 6.75. The van der Waals surface area contributed by atoms with Gasteiger partial charge in [0.2, 0.25) is 5.82 Å². The molecule has 1 fully saturated rings. The van der Waals surface area contributed by atoms with Gasteiger partial charge in [-0.2, -0.15) is 0 Å². The Labute approximate surface area is 164 Å². The number of nitrogens with one attached hydrogen (secondary N) is 2. The van der Waals surface area contributed by atoms with Crippen molar-refractivity contribution in [1.29, 1.82) is 0 Å². The fourth-order valence-electron chi connectivity index (χ4n) is 3.12. The number of aliphatic imine (C=N–C) groups is 1. The normalized spacial score (nSPS) is 18.5. The highest BCUT2D eigenvalue weighted by Gasteiger charge is 2.21. The number of hydrogen-bond donors (Lipinski definition) is 3. The van der Waals surface area contributed by atoms with Crippen molar-refractivity contribution in [2.45, 2.75) is 19.8 Å². The second-order valence-corrected chi connectivity index (χ2v) is 7.27. The van der Waals surface area contributed by atoms with Crippen LogP contribution in [-0.2, 0) is 0 Å². The number of hydroxylamine groups is 1. The van der Waals surface area contributed by atoms with Gasteiger partial charge in [-0.15, -0.1) is 0 Å². The fraction of sp³-hybridized carbons (Fsp3) is 0.471. The predicted octanol–water partition coefficient (Wildman–Crippen LogP) is 3.17. The number of halogens is 2. The Hall–Kier alpha value is -2.04. The van der Waals surface area contributed by atoms with Gasteiger partial charge in [-0.1, -0.05) is 6.92 Å². The molecule has 10 heteroatoms. The molecule has 1 aromatic carbocycles. The van der Waals surface area contributed by atoms with Crippen molar-refractivity contribution in [3.8, 4) is 0 Å². The van der Waals surface area contributed by atoms with Crippen LogP contribution in [-0.4, -0.2) is 52.4 Å². The van der Waals surface area contributed by atoms with E-state index >= 15 is 0 Å². The van der Waals surface area contributed by atoms with E-state index in [2.05, 4.69) is 48.4 Å². The number of rotatable bonds is 6. The molecule has 0 spiro atoms. The standard InChI is InChI=1S/C17H22BrFN6O2/c1-2-25-7-3-4-11(10-25)9-20-16-15(23-27-24-16)17(22-26)21-12-5-6-14(19)13(18)8-12/h5-6,8,11,26H,2-4,7,9-10H2,1H3,(H,20,24)(H,21,22). The molecule has 1 aliphatic heterocycles. The van der Waals surface area contributed by atoms with Crippen molar-refractivity contribution < 1.29 is 14.2 Å². The third kappa shape index (κ3) is 5.02. The Morgan fingerprint density at radius 1 is 1.48 bits per heavy atom. The quantitative estimate of drug-likeness (QED) is 0.360. The summed E-state index contributed by atoms with van der Waals surface area (Å²) in [6.45, 7) is 6.11. The van der Waals surface area contributed by atoms with E-state index in [4.69, 9.17) is 4.63 Å². The molecule has 27 heavy (non-hydrogen) atoms. The van der Waals surface area contributed by atoms with Crippen molar-refractivity contribution in [2.75, 3.05) is 31.5 Å². The average Bonchev–Trinajstić information content (AvgIpc) is 3.15. The van der Waals surface area contributed by atoms with Crippen LogP contribution in [0.2, 0.25) is 0 Å². The zero-order valence-electron chi connectivity index (χ0n) is 15.0. The molecule has 0 radical (unpaired) electrons. The molecule has 2 aromatic rings. The molecule has 3 rings (SSSR count). The van der Waals surface area contributed by atoms with E-state index < -0.39 is 5.82 Å². The van der Waals surface area contributed by atoms with Crippen molar-refractivity contribution in [2.24, 2.45) is 10.9 Å². The second-order valence-electron chi connectivity index (χ2n) is 6.41. The predicted molar refractivity (Wildman–Crippen MR) is 103 cm³/mol. The molecular formula is C17H22BrFN6O2. The van der Waals surface area contributed by atoms with Gasteiger partial charge in [0, 0.05) is 13.1 Å². The van der Waals surface area contributed by atoms with Crippen molar-refractivity contribution in [1.82, 2.24) is 20.7 Å². The van der Waals surface area contributed by atoms with E-state index in [9.17, 15) is 9.60 Å². The van der Waals surface area contributed by atoms with Crippen LogP contribution in [0.1, 0.15) is 25.5 Å². The minimum absolute atomic E-state index is 0.0519. The molecule has 0 saturated carbocycles. The summed E-state index contributed by atoms with van der Waals surface area (Å²) in [6, 6.07) is 4.26. The lowest BCUT2D eigenvalue weighted by Gasteiger charge is -2.31. The van der Waals surface area contributed by atoms with E-state index in [1.54, 1.807) is 0 Å². The van der Waals surface area contributed by atoms with Crippen molar-refractivity contribution in [3.05, 3.63) is 34.2 Å². The topological polar surface area (TPSA) is 98.8 Å². The zero-order valence-corrected chi connectivity index (χ0v) is 16.5. The van der Waals surface area contributed by atoms with Crippen LogP contribution >= 0.6 is 15.9 Å². The minimum atomic E-state index is -0.397. The molecule has 1 atom stereocenters. The highest BCUT2D eigenvalue weighted by molar-refractivity contribution is 9.10. The van der Waals surface area contributed by atoms with Gasteiger partial charge in [-0.05, 0) is 76.3 Å². The number of amidine groups is 1. The molecule has 3 N–H and O–H groups in total. The lowest BCUT2D eigenvalue weighted by molar-refractivity contribution is 0.189. The maximum atomic E-state index is 13.4. The van der Waals surface area contributed by atoms with Crippen LogP contribution in [0.25, 0.3) is 0 Å². The Morgan fingerprint density at radius 3 is 3.07 bits per heavy atom. The van der Waals surface area contributed by atoms with E-state index in [0.717, 1.165) is 32.6 Å². The lowest BCUT2D eigenvalue weighted by atomic mass is 9.98. The second kappa shape index (κ2) is 9.25. The fourth-order valence-corrected chi connectivity index (χ4v) is 3.49. The Morgan fingerprint density at radius 2 is 2.33 bits per heavy atom. The van der Waals surface area contributed by atoms with E-state index in [0.29, 0.717) is 17.4 Å². The highest BCUT2D eigenvalue weighted by atomic mass is 79.9. The van der Waals surface area contributed by atoms with E-state index in [1.165, 1.54) is 24.6 Å². The number of hydrogen-bond acceptors (Lipinski definition) is 7. The van der Waals surface area contributed by atoms with Crippen LogP contribution < -0.4 is 10.8 Å². The molecule has 146 valence electrons. The number of piperidine rings is 1. The molecule has 1 aliphatic rings. The van der Waals surface area contributed by atoms with Gasteiger partial charge in [0.1, 0.15) is 5.82 Å². The molecule has 1 saturated heterocycles. The summed E-state index contributed by atoms with van der Waals surface area (Å²) in [6.07, 6.45) is 2.32. The number of likely N-dealkylation sites (tertiary alicyclic amines) is 1. The summed E-state index contributed by atoms with van der Waals surface area (Å²) in [5.41, 5.74) is 2.69. The van der Waals surface area contributed by atoms with E-state index in [-0.39, 0.29) is 16.0 Å². The summed E-state index contributed by atoms with van der Waals surface area (Å²) in [4.78, 5) is 6.67. The minimum Gasteiger partial charge on any atom is -0.365 e. The Bertz CT molecular complexity index is 799. The van der Waals surface area contributed by atoms with Crippen LogP contribution in [0.15, 0.2) is 32.3 Å². The van der Waals surface area contributed by atoms with Crippen molar-refractivity contribution in [3.63, 3.8) is 0 Å². The molecule has 0 aliphatic carbocycles. The third-order valence-corrected chi connectivity index (χ3v) is 5.18. The molecule has 2 heterocycles. The van der Waals surface area contributed by atoms with Gasteiger partial charge in [0.05, 0.1) is 10.2 Å². The third-order valence-electron chi connectivity index (χ3n) is 4.57. The van der Waals surface area contributed by atoms with Gasteiger partial charge in [0.15, 0.2) is 11.5 Å². The molecule has 0 amide bonds. The van der Waals surface area contributed by atoms with Gasteiger partial charge in [-0.25, -0.2) is 14.0 Å². The Balaban J connectivity index is 1.72. The monoisotopic (exact) mass is 440 g/mol. The maximum absolute atomic E-state index is 13.4. The maximum Gasteiger partial charge on any atom is 0.202 e.